The van der Waals surface area contributed by atoms with Crippen LogP contribution < -0.4 is 0 Å². The third kappa shape index (κ3) is 3.82. The van der Waals surface area contributed by atoms with Crippen LogP contribution in [0.4, 0.5) is 0 Å². The molecule has 18 heavy (non-hydrogen) atoms. The van der Waals surface area contributed by atoms with Crippen LogP contribution in [0.5, 0.6) is 0 Å². The van der Waals surface area contributed by atoms with E-state index in [1.165, 1.54) is 19.3 Å². The van der Waals surface area contributed by atoms with Gasteiger partial charge in [0, 0.05) is 38.6 Å². The van der Waals surface area contributed by atoms with Gasteiger partial charge in [-0.3, -0.25) is 4.90 Å². The average molecular weight is 251 g/mol. The van der Waals surface area contributed by atoms with Crippen molar-refractivity contribution in [1.82, 2.24) is 14.5 Å². The molecule has 1 aromatic heterocycles. The van der Waals surface area contributed by atoms with Crippen LogP contribution in [0.25, 0.3) is 0 Å². The van der Waals surface area contributed by atoms with E-state index in [0.29, 0.717) is 6.10 Å². The molecule has 1 aliphatic heterocycles. The van der Waals surface area contributed by atoms with E-state index in [0.717, 1.165) is 38.6 Å². The maximum absolute atomic E-state index is 5.73. The number of imidazole rings is 1. The smallest absolute Gasteiger partial charge is 0.105 e. The van der Waals surface area contributed by atoms with E-state index < -0.39 is 0 Å². The van der Waals surface area contributed by atoms with Gasteiger partial charge in [-0.1, -0.05) is 6.92 Å². The Morgan fingerprint density at radius 2 is 2.39 bits per heavy atom. The first-order chi connectivity index (χ1) is 8.79. The summed E-state index contributed by atoms with van der Waals surface area (Å²) in [6, 6.07) is 0. The zero-order chi connectivity index (χ0) is 12.8. The highest BCUT2D eigenvalue weighted by atomic mass is 16.5. The van der Waals surface area contributed by atoms with Crippen molar-refractivity contribution in [2.45, 2.75) is 45.8 Å². The highest BCUT2D eigenvalue weighted by Gasteiger charge is 2.18. The Hall–Kier alpha value is -0.870. The second kappa shape index (κ2) is 6.90. The Kier molecular flexibility index (Phi) is 5.20. The predicted octanol–water partition coefficient (Wildman–Crippen LogP) is 2.08. The number of nitrogens with zero attached hydrogens (tertiary/aromatic N) is 3. The van der Waals surface area contributed by atoms with E-state index in [-0.39, 0.29) is 0 Å². The van der Waals surface area contributed by atoms with Crippen molar-refractivity contribution in [3.8, 4) is 0 Å². The molecule has 0 bridgehead atoms. The van der Waals surface area contributed by atoms with Crippen LogP contribution in [-0.4, -0.2) is 46.8 Å². The molecule has 0 amide bonds. The molecule has 2 heterocycles. The molecular weight excluding hydrogens is 226 g/mol. The minimum absolute atomic E-state index is 0.459. The SMILES string of the molecule is CCCN(CCn1ccnc1C)CC1CCCO1. The molecular formula is C14H25N3O. The van der Waals surface area contributed by atoms with Gasteiger partial charge in [0.1, 0.15) is 5.82 Å². The van der Waals surface area contributed by atoms with Crippen molar-refractivity contribution in [3.63, 3.8) is 0 Å². The number of ether oxygens (including phenoxy) is 1. The number of hydrogen-bond donors (Lipinski definition) is 0. The fourth-order valence-corrected chi connectivity index (χ4v) is 2.58. The number of hydrogen-bond acceptors (Lipinski definition) is 3. The van der Waals surface area contributed by atoms with Crippen LogP contribution in [0.2, 0.25) is 0 Å². The van der Waals surface area contributed by atoms with Gasteiger partial charge in [0.2, 0.25) is 0 Å². The largest absolute Gasteiger partial charge is 0.377 e. The normalized spacial score (nSPS) is 19.8. The Balaban J connectivity index is 1.79. The van der Waals surface area contributed by atoms with Gasteiger partial charge < -0.3 is 9.30 Å². The summed E-state index contributed by atoms with van der Waals surface area (Å²) in [4.78, 5) is 6.79. The summed E-state index contributed by atoms with van der Waals surface area (Å²) >= 11 is 0. The molecule has 1 atom stereocenters. The zero-order valence-electron chi connectivity index (χ0n) is 11.6. The molecule has 4 nitrogen and oxygen atoms in total. The summed E-state index contributed by atoms with van der Waals surface area (Å²) in [6.45, 7) is 9.61. The van der Waals surface area contributed by atoms with Crippen LogP contribution in [0, 0.1) is 6.92 Å². The van der Waals surface area contributed by atoms with E-state index in [1.54, 1.807) is 0 Å². The minimum atomic E-state index is 0.459. The van der Waals surface area contributed by atoms with Gasteiger partial charge in [0.15, 0.2) is 0 Å². The molecule has 0 aromatic carbocycles. The molecule has 0 spiro atoms. The summed E-state index contributed by atoms with van der Waals surface area (Å²) in [7, 11) is 0. The Labute approximate surface area is 110 Å². The first-order valence-corrected chi connectivity index (χ1v) is 7.11. The molecule has 0 radical (unpaired) electrons. The van der Waals surface area contributed by atoms with Gasteiger partial charge in [0.25, 0.3) is 0 Å². The molecule has 1 aromatic rings. The standard InChI is InChI=1S/C14H25N3O/c1-3-7-16(12-14-5-4-11-18-14)9-10-17-8-6-15-13(17)2/h6,8,14H,3-5,7,9-12H2,1-2H3. The molecule has 4 heteroatoms. The van der Waals surface area contributed by atoms with Gasteiger partial charge in [-0.25, -0.2) is 4.98 Å². The van der Waals surface area contributed by atoms with Crippen molar-refractivity contribution in [3.05, 3.63) is 18.2 Å². The maximum atomic E-state index is 5.73. The second-order valence-electron chi connectivity index (χ2n) is 5.10. The molecule has 0 aliphatic carbocycles. The fourth-order valence-electron chi connectivity index (χ4n) is 2.58. The highest BCUT2D eigenvalue weighted by molar-refractivity contribution is 4.88. The van der Waals surface area contributed by atoms with Gasteiger partial charge >= 0.3 is 0 Å². The molecule has 1 saturated heterocycles. The Morgan fingerprint density at radius 1 is 1.50 bits per heavy atom. The minimum Gasteiger partial charge on any atom is -0.377 e. The van der Waals surface area contributed by atoms with E-state index in [2.05, 4.69) is 34.5 Å². The molecule has 1 aliphatic rings. The van der Waals surface area contributed by atoms with Crippen LogP contribution >= 0.6 is 0 Å². The van der Waals surface area contributed by atoms with Crippen LogP contribution in [-0.2, 0) is 11.3 Å². The van der Waals surface area contributed by atoms with E-state index in [4.69, 9.17) is 4.74 Å². The molecule has 2 rings (SSSR count). The summed E-state index contributed by atoms with van der Waals surface area (Å²) in [5.74, 6) is 1.10. The number of rotatable bonds is 7. The van der Waals surface area contributed by atoms with Crippen LogP contribution in [0.3, 0.4) is 0 Å². The van der Waals surface area contributed by atoms with Crippen LogP contribution in [0.15, 0.2) is 12.4 Å². The van der Waals surface area contributed by atoms with Crippen molar-refractivity contribution >= 4 is 0 Å². The topological polar surface area (TPSA) is 30.3 Å². The number of aryl methyl sites for hydroxylation is 1. The van der Waals surface area contributed by atoms with Crippen molar-refractivity contribution < 1.29 is 4.74 Å². The first kappa shape index (κ1) is 13.6. The predicted molar refractivity (Wildman–Crippen MR) is 72.7 cm³/mol. The van der Waals surface area contributed by atoms with Crippen LogP contribution in [0.1, 0.15) is 32.0 Å². The maximum Gasteiger partial charge on any atom is 0.105 e. The third-order valence-corrected chi connectivity index (χ3v) is 3.61. The molecule has 1 fully saturated rings. The molecule has 0 N–H and O–H groups in total. The summed E-state index contributed by atoms with van der Waals surface area (Å²) < 4.78 is 7.95. The lowest BCUT2D eigenvalue weighted by atomic mass is 10.2. The van der Waals surface area contributed by atoms with Gasteiger partial charge in [-0.05, 0) is 32.7 Å². The third-order valence-electron chi connectivity index (χ3n) is 3.61. The second-order valence-corrected chi connectivity index (χ2v) is 5.10. The lowest BCUT2D eigenvalue weighted by Crippen LogP contribution is -2.35. The summed E-state index contributed by atoms with van der Waals surface area (Å²) in [5, 5.41) is 0. The fraction of sp³-hybridized carbons (Fsp3) is 0.786. The molecule has 102 valence electrons. The number of aromatic nitrogens is 2. The van der Waals surface area contributed by atoms with E-state index in [1.807, 2.05) is 6.20 Å². The van der Waals surface area contributed by atoms with Crippen molar-refractivity contribution in [1.29, 1.82) is 0 Å². The van der Waals surface area contributed by atoms with Gasteiger partial charge in [-0.15, -0.1) is 0 Å². The highest BCUT2D eigenvalue weighted by Crippen LogP contribution is 2.13. The average Bonchev–Trinajstić information content (AvgIpc) is 2.98. The van der Waals surface area contributed by atoms with Gasteiger partial charge in [0.05, 0.1) is 6.10 Å². The summed E-state index contributed by atoms with van der Waals surface area (Å²) in [6.07, 6.45) is 8.05. The Bertz CT molecular complexity index is 345. The molecule has 1 unspecified atom stereocenters. The van der Waals surface area contributed by atoms with Crippen molar-refractivity contribution in [2.24, 2.45) is 0 Å². The first-order valence-electron chi connectivity index (χ1n) is 7.11. The zero-order valence-corrected chi connectivity index (χ0v) is 11.6. The van der Waals surface area contributed by atoms with Crippen molar-refractivity contribution in [2.75, 3.05) is 26.2 Å². The van der Waals surface area contributed by atoms with E-state index in [9.17, 15) is 0 Å². The van der Waals surface area contributed by atoms with E-state index >= 15 is 0 Å². The lowest BCUT2D eigenvalue weighted by molar-refractivity contribution is 0.0718. The lowest BCUT2D eigenvalue weighted by Gasteiger charge is -2.25. The quantitative estimate of drug-likeness (QED) is 0.743. The Morgan fingerprint density at radius 3 is 3.00 bits per heavy atom. The van der Waals surface area contributed by atoms with Gasteiger partial charge in [-0.2, -0.15) is 0 Å². The monoisotopic (exact) mass is 251 g/mol. The molecule has 0 saturated carbocycles. The summed E-state index contributed by atoms with van der Waals surface area (Å²) in [5.41, 5.74) is 0.